The first-order valence-electron chi connectivity index (χ1n) is 11.3. The molecule has 1 saturated carbocycles. The zero-order valence-electron chi connectivity index (χ0n) is 18.9. The third-order valence-electron chi connectivity index (χ3n) is 6.60. The lowest BCUT2D eigenvalue weighted by atomic mass is 9.90. The number of benzene rings is 1. The molecule has 1 fully saturated rings. The molecule has 0 bridgehead atoms. The van der Waals surface area contributed by atoms with Crippen molar-refractivity contribution in [1.82, 2.24) is 14.7 Å². The first-order chi connectivity index (χ1) is 16.2. The smallest absolute Gasteiger partial charge is 0.358 e. The highest BCUT2D eigenvalue weighted by Crippen LogP contribution is 2.32. The summed E-state index contributed by atoms with van der Waals surface area (Å²) < 4.78 is 42.0. The molecule has 0 spiro atoms. The number of hydrogen-bond donors (Lipinski definition) is 1. The van der Waals surface area contributed by atoms with Crippen molar-refractivity contribution in [2.45, 2.75) is 50.9 Å². The zero-order chi connectivity index (χ0) is 24.0. The predicted molar refractivity (Wildman–Crippen MR) is 129 cm³/mol. The Kier molecular flexibility index (Phi) is 5.75. The largest absolute Gasteiger partial charge is 0.434 e. The Hall–Kier alpha value is -3.07. The Balaban J connectivity index is 1.24. The molecule has 0 atom stereocenters. The third-order valence-corrected chi connectivity index (χ3v) is 7.70. The molecular weight excluding hydrogens is 461 g/mol. The standard InChI is InChI=1S/C25H25F3N4OS/c1-15-6-7-16-13-20(34-19(16)12-15)24(33)29-17-8-10-18(11-9-17)31(2)23-5-3-4-22-30-21(14-32(22)23)25(26,27)28/h3-7,12-14,17-18H,8-11H2,1-2H3,(H,29,33). The molecule has 1 aliphatic carbocycles. The van der Waals surface area contributed by atoms with Crippen molar-refractivity contribution in [3.05, 3.63) is 64.8 Å². The van der Waals surface area contributed by atoms with Crippen molar-refractivity contribution >= 4 is 38.8 Å². The average Bonchev–Trinajstić information content (AvgIpc) is 3.43. The molecule has 1 aromatic carbocycles. The summed E-state index contributed by atoms with van der Waals surface area (Å²) in [4.78, 5) is 19.3. The van der Waals surface area contributed by atoms with Gasteiger partial charge >= 0.3 is 6.18 Å². The fourth-order valence-electron chi connectivity index (χ4n) is 4.72. The summed E-state index contributed by atoms with van der Waals surface area (Å²) in [5.74, 6) is 0.632. The lowest BCUT2D eigenvalue weighted by molar-refractivity contribution is -0.140. The monoisotopic (exact) mass is 486 g/mol. The van der Waals surface area contributed by atoms with Gasteiger partial charge in [0.25, 0.3) is 5.91 Å². The molecule has 9 heteroatoms. The molecule has 0 unspecified atom stereocenters. The van der Waals surface area contributed by atoms with Gasteiger partial charge in [0.15, 0.2) is 5.69 Å². The topological polar surface area (TPSA) is 49.6 Å². The number of nitrogens with zero attached hydrogens (tertiary/aromatic N) is 3. The number of anilines is 1. The minimum atomic E-state index is -4.48. The van der Waals surface area contributed by atoms with E-state index in [2.05, 4.69) is 16.4 Å². The lowest BCUT2D eigenvalue weighted by Gasteiger charge is -2.36. The van der Waals surface area contributed by atoms with E-state index in [1.807, 2.05) is 43.1 Å². The predicted octanol–water partition coefficient (Wildman–Crippen LogP) is 6.05. The third kappa shape index (κ3) is 4.36. The van der Waals surface area contributed by atoms with Crippen LogP contribution in [0.25, 0.3) is 15.7 Å². The summed E-state index contributed by atoms with van der Waals surface area (Å²) >= 11 is 1.51. The Morgan fingerprint density at radius 1 is 1.15 bits per heavy atom. The van der Waals surface area contributed by atoms with Gasteiger partial charge in [-0.2, -0.15) is 13.2 Å². The minimum absolute atomic E-state index is 0.0430. The maximum atomic E-state index is 13.1. The maximum Gasteiger partial charge on any atom is 0.434 e. The van der Waals surface area contributed by atoms with Crippen LogP contribution in [-0.2, 0) is 6.18 Å². The van der Waals surface area contributed by atoms with Crippen molar-refractivity contribution < 1.29 is 18.0 Å². The number of imidazole rings is 1. The van der Waals surface area contributed by atoms with Gasteiger partial charge in [-0.15, -0.1) is 11.3 Å². The first kappa shape index (κ1) is 22.7. The summed E-state index contributed by atoms with van der Waals surface area (Å²) in [7, 11) is 1.91. The number of fused-ring (bicyclic) bond motifs is 2. The van der Waals surface area contributed by atoms with Crippen molar-refractivity contribution in [1.29, 1.82) is 0 Å². The van der Waals surface area contributed by atoms with Crippen LogP contribution in [0.5, 0.6) is 0 Å². The Bertz CT molecular complexity index is 1350. The van der Waals surface area contributed by atoms with Gasteiger partial charge in [-0.05, 0) is 67.8 Å². The van der Waals surface area contributed by atoms with E-state index in [0.717, 1.165) is 42.0 Å². The van der Waals surface area contributed by atoms with Crippen LogP contribution in [0.15, 0.2) is 48.7 Å². The van der Waals surface area contributed by atoms with Gasteiger partial charge in [0.1, 0.15) is 11.5 Å². The van der Waals surface area contributed by atoms with Crippen molar-refractivity contribution in [2.24, 2.45) is 0 Å². The van der Waals surface area contributed by atoms with Crippen LogP contribution in [0.3, 0.4) is 0 Å². The molecule has 1 aliphatic rings. The zero-order valence-corrected chi connectivity index (χ0v) is 19.7. The Labute approximate surface area is 199 Å². The van der Waals surface area contributed by atoms with E-state index in [1.54, 1.807) is 12.1 Å². The van der Waals surface area contributed by atoms with Gasteiger partial charge in [0.2, 0.25) is 0 Å². The molecule has 5 nitrogen and oxygen atoms in total. The van der Waals surface area contributed by atoms with Gasteiger partial charge in [0, 0.05) is 30.0 Å². The number of pyridine rings is 1. The molecule has 3 aromatic heterocycles. The normalized spacial score (nSPS) is 19.0. The molecule has 34 heavy (non-hydrogen) atoms. The van der Waals surface area contributed by atoms with Crippen molar-refractivity contribution in [2.75, 3.05) is 11.9 Å². The van der Waals surface area contributed by atoms with E-state index in [4.69, 9.17) is 0 Å². The molecule has 0 aliphatic heterocycles. The van der Waals surface area contributed by atoms with Gasteiger partial charge in [0.05, 0.1) is 4.88 Å². The van der Waals surface area contributed by atoms with Crippen LogP contribution in [0.4, 0.5) is 19.0 Å². The van der Waals surface area contributed by atoms with E-state index in [1.165, 1.54) is 21.3 Å². The van der Waals surface area contributed by atoms with E-state index < -0.39 is 11.9 Å². The number of amides is 1. The van der Waals surface area contributed by atoms with Gasteiger partial charge in [-0.1, -0.05) is 18.2 Å². The number of carbonyl (C=O) groups excluding carboxylic acids is 1. The second-order valence-electron chi connectivity index (χ2n) is 8.98. The van der Waals surface area contributed by atoms with E-state index in [9.17, 15) is 18.0 Å². The number of rotatable bonds is 4. The quantitative estimate of drug-likeness (QED) is 0.382. The molecule has 3 heterocycles. The molecule has 1 N–H and O–H groups in total. The second kappa shape index (κ2) is 8.61. The molecule has 178 valence electrons. The highest BCUT2D eigenvalue weighted by atomic mass is 32.1. The average molecular weight is 487 g/mol. The number of thiophene rings is 1. The minimum Gasteiger partial charge on any atom is -0.358 e. The number of halogens is 3. The maximum absolute atomic E-state index is 13.1. The highest BCUT2D eigenvalue weighted by Gasteiger charge is 2.34. The van der Waals surface area contributed by atoms with Crippen LogP contribution in [0.2, 0.25) is 0 Å². The number of carbonyl (C=O) groups is 1. The van der Waals surface area contributed by atoms with Crippen molar-refractivity contribution in [3.8, 4) is 0 Å². The summed E-state index contributed by atoms with van der Waals surface area (Å²) in [6.45, 7) is 2.04. The van der Waals surface area contributed by atoms with Crippen LogP contribution < -0.4 is 10.2 Å². The van der Waals surface area contributed by atoms with Gasteiger partial charge in [-0.3, -0.25) is 9.20 Å². The molecule has 5 rings (SSSR count). The molecule has 1 amide bonds. The first-order valence-corrected chi connectivity index (χ1v) is 12.1. The van der Waals surface area contributed by atoms with Crippen molar-refractivity contribution in [3.63, 3.8) is 0 Å². The number of aryl methyl sites for hydroxylation is 1. The van der Waals surface area contributed by atoms with Gasteiger partial charge < -0.3 is 10.2 Å². The molecule has 0 radical (unpaired) electrons. The Morgan fingerprint density at radius 2 is 1.91 bits per heavy atom. The summed E-state index contributed by atoms with van der Waals surface area (Å²) in [6, 6.07) is 13.5. The van der Waals surface area contributed by atoms with Crippen LogP contribution in [0.1, 0.15) is 46.6 Å². The van der Waals surface area contributed by atoms with E-state index in [0.29, 0.717) is 10.7 Å². The van der Waals surface area contributed by atoms with Gasteiger partial charge in [-0.25, -0.2) is 4.98 Å². The lowest BCUT2D eigenvalue weighted by Crippen LogP contribution is -2.43. The highest BCUT2D eigenvalue weighted by molar-refractivity contribution is 7.20. The summed E-state index contributed by atoms with van der Waals surface area (Å²) in [6.07, 6.45) is -0.115. The number of aromatic nitrogens is 2. The summed E-state index contributed by atoms with van der Waals surface area (Å²) in [5.41, 5.74) is 0.553. The fourth-order valence-corrected chi connectivity index (χ4v) is 5.79. The van der Waals surface area contributed by atoms with Crippen LogP contribution in [-0.4, -0.2) is 34.4 Å². The molecule has 4 aromatic rings. The number of alkyl halides is 3. The fraction of sp³-hybridized carbons (Fsp3) is 0.360. The number of hydrogen-bond acceptors (Lipinski definition) is 4. The van der Waals surface area contributed by atoms with E-state index >= 15 is 0 Å². The summed E-state index contributed by atoms with van der Waals surface area (Å²) in [5, 5.41) is 4.25. The van der Waals surface area contributed by atoms with E-state index in [-0.39, 0.29) is 23.6 Å². The molecular formula is C25H25F3N4OS. The molecule has 0 saturated heterocycles. The van der Waals surface area contributed by atoms with Crippen LogP contribution in [0, 0.1) is 6.92 Å². The second-order valence-corrected chi connectivity index (χ2v) is 10.1. The number of nitrogens with one attached hydrogen (secondary N) is 1. The SMILES string of the molecule is Cc1ccc2cc(C(=O)NC3CCC(N(C)c4cccc5nc(C(F)(F)F)cn45)CC3)sc2c1. The van der Waals surface area contributed by atoms with Crippen LogP contribution >= 0.6 is 11.3 Å². The Morgan fingerprint density at radius 3 is 2.65 bits per heavy atom.